The molecule has 4 rings (SSSR count). The number of hydrogen-bond donors (Lipinski definition) is 1. The lowest BCUT2D eigenvalue weighted by Crippen LogP contribution is -2.24. The van der Waals surface area contributed by atoms with Crippen LogP contribution in [0.15, 0.2) is 48.8 Å². The number of aromatic nitrogens is 2. The lowest BCUT2D eigenvalue weighted by atomic mass is 10.0. The van der Waals surface area contributed by atoms with Gasteiger partial charge in [-0.3, -0.25) is 4.79 Å². The minimum Gasteiger partial charge on any atom is -0.352 e. The molecular formula is C21H23N3OS. The van der Waals surface area contributed by atoms with Gasteiger partial charge in [-0.05, 0) is 68.5 Å². The Morgan fingerprint density at radius 3 is 2.65 bits per heavy atom. The van der Waals surface area contributed by atoms with Crippen molar-refractivity contribution in [3.63, 3.8) is 0 Å². The number of fused-ring (bicyclic) bond motifs is 1. The molecule has 0 saturated heterocycles. The van der Waals surface area contributed by atoms with Crippen LogP contribution in [0.4, 0.5) is 0 Å². The number of thiazole rings is 1. The molecule has 134 valence electrons. The second-order valence-corrected chi connectivity index (χ2v) is 7.85. The third-order valence-corrected chi connectivity index (χ3v) is 5.99. The summed E-state index contributed by atoms with van der Waals surface area (Å²) in [5.41, 5.74) is 3.08. The summed E-state index contributed by atoms with van der Waals surface area (Å²) in [4.78, 5) is 18.5. The van der Waals surface area contributed by atoms with Crippen LogP contribution < -0.4 is 5.32 Å². The van der Waals surface area contributed by atoms with Gasteiger partial charge in [0.25, 0.3) is 5.91 Å². The normalized spacial score (nSPS) is 13.4. The lowest BCUT2D eigenvalue weighted by molar-refractivity contribution is 0.0953. The summed E-state index contributed by atoms with van der Waals surface area (Å²) in [7, 11) is 0. The van der Waals surface area contributed by atoms with Crippen molar-refractivity contribution in [3.8, 4) is 5.69 Å². The van der Waals surface area contributed by atoms with Gasteiger partial charge in [-0.1, -0.05) is 0 Å². The third kappa shape index (κ3) is 3.88. The number of hydrogen-bond acceptors (Lipinski definition) is 3. The molecule has 0 saturated carbocycles. The molecule has 0 atom stereocenters. The average molecular weight is 366 g/mol. The molecule has 3 aromatic rings. The molecule has 1 N–H and O–H groups in total. The molecule has 1 aliphatic rings. The van der Waals surface area contributed by atoms with Crippen molar-refractivity contribution in [3.05, 3.63) is 69.9 Å². The van der Waals surface area contributed by atoms with Crippen molar-refractivity contribution in [2.45, 2.75) is 38.5 Å². The SMILES string of the molecule is O=C(NCCCc1nc2c(s1)CCCC2)c1ccc(-n2cccc2)cc1. The monoisotopic (exact) mass is 365 g/mol. The van der Waals surface area contributed by atoms with Crippen LogP contribution >= 0.6 is 11.3 Å². The molecule has 0 unspecified atom stereocenters. The molecule has 0 aliphatic heterocycles. The van der Waals surface area contributed by atoms with Crippen LogP contribution in [0.3, 0.4) is 0 Å². The van der Waals surface area contributed by atoms with E-state index in [1.54, 1.807) is 0 Å². The molecule has 0 fully saturated rings. The number of benzene rings is 1. The summed E-state index contributed by atoms with van der Waals surface area (Å²) in [6.45, 7) is 0.683. The van der Waals surface area contributed by atoms with Crippen molar-refractivity contribution >= 4 is 17.2 Å². The first-order valence-electron chi connectivity index (χ1n) is 9.29. The fourth-order valence-corrected chi connectivity index (χ4v) is 4.55. The highest BCUT2D eigenvalue weighted by molar-refractivity contribution is 7.11. The summed E-state index contributed by atoms with van der Waals surface area (Å²) in [6, 6.07) is 11.7. The van der Waals surface area contributed by atoms with Gasteiger partial charge in [0.1, 0.15) is 0 Å². The first-order chi connectivity index (χ1) is 12.8. The van der Waals surface area contributed by atoms with E-state index >= 15 is 0 Å². The van der Waals surface area contributed by atoms with Gasteiger partial charge in [0, 0.05) is 41.5 Å². The van der Waals surface area contributed by atoms with Crippen molar-refractivity contribution < 1.29 is 4.79 Å². The number of nitrogens with zero attached hydrogens (tertiary/aromatic N) is 2. The van der Waals surface area contributed by atoms with E-state index in [9.17, 15) is 4.79 Å². The van der Waals surface area contributed by atoms with Crippen LogP contribution in [0.2, 0.25) is 0 Å². The van der Waals surface area contributed by atoms with Crippen LogP contribution in [0.25, 0.3) is 5.69 Å². The smallest absolute Gasteiger partial charge is 0.251 e. The summed E-state index contributed by atoms with van der Waals surface area (Å²) < 4.78 is 2.02. The Labute approximate surface area is 157 Å². The van der Waals surface area contributed by atoms with Crippen LogP contribution in [-0.2, 0) is 19.3 Å². The number of carbonyl (C=O) groups excluding carboxylic acids is 1. The fourth-order valence-electron chi connectivity index (χ4n) is 3.35. The molecule has 0 radical (unpaired) electrons. The number of nitrogens with one attached hydrogen (secondary N) is 1. The predicted molar refractivity (Wildman–Crippen MR) is 105 cm³/mol. The Bertz CT molecular complexity index is 842. The number of carbonyl (C=O) groups is 1. The van der Waals surface area contributed by atoms with Gasteiger partial charge >= 0.3 is 0 Å². The van der Waals surface area contributed by atoms with Gasteiger partial charge in [-0.25, -0.2) is 4.98 Å². The summed E-state index contributed by atoms with van der Waals surface area (Å²) in [6.07, 6.45) is 10.8. The first-order valence-corrected chi connectivity index (χ1v) is 10.1. The quantitative estimate of drug-likeness (QED) is 0.666. The van der Waals surface area contributed by atoms with Gasteiger partial charge in [-0.15, -0.1) is 11.3 Å². The highest BCUT2D eigenvalue weighted by atomic mass is 32.1. The minimum atomic E-state index is -0.0116. The van der Waals surface area contributed by atoms with E-state index in [1.807, 2.05) is 64.7 Å². The van der Waals surface area contributed by atoms with Crippen molar-refractivity contribution in [1.82, 2.24) is 14.9 Å². The zero-order chi connectivity index (χ0) is 17.8. The van der Waals surface area contributed by atoms with E-state index in [0.29, 0.717) is 12.1 Å². The van der Waals surface area contributed by atoms with E-state index in [0.717, 1.165) is 24.9 Å². The third-order valence-electron chi connectivity index (χ3n) is 4.78. The van der Waals surface area contributed by atoms with Gasteiger partial charge in [-0.2, -0.15) is 0 Å². The number of aryl methyl sites for hydroxylation is 3. The Hall–Kier alpha value is -2.40. The molecule has 0 bridgehead atoms. The zero-order valence-corrected chi connectivity index (χ0v) is 15.6. The van der Waals surface area contributed by atoms with E-state index in [1.165, 1.54) is 34.8 Å². The molecule has 2 heterocycles. The highest BCUT2D eigenvalue weighted by Gasteiger charge is 2.14. The second-order valence-electron chi connectivity index (χ2n) is 6.68. The van der Waals surface area contributed by atoms with Gasteiger partial charge in [0.2, 0.25) is 0 Å². The largest absolute Gasteiger partial charge is 0.352 e. The van der Waals surface area contributed by atoms with Crippen LogP contribution in [0, 0.1) is 0 Å². The van der Waals surface area contributed by atoms with E-state index in [4.69, 9.17) is 4.98 Å². The van der Waals surface area contributed by atoms with Crippen LogP contribution in [-0.4, -0.2) is 22.0 Å². The fraction of sp³-hybridized carbons (Fsp3) is 0.333. The zero-order valence-electron chi connectivity index (χ0n) is 14.8. The van der Waals surface area contributed by atoms with Crippen molar-refractivity contribution in [1.29, 1.82) is 0 Å². The molecule has 2 aromatic heterocycles. The molecule has 1 amide bonds. The van der Waals surface area contributed by atoms with Crippen molar-refractivity contribution in [2.75, 3.05) is 6.54 Å². The standard InChI is InChI=1S/C21H23N3OS/c25-21(16-9-11-17(12-10-16)24-14-3-4-15-24)22-13-5-8-20-23-18-6-1-2-7-19(18)26-20/h3-4,9-12,14-15H,1-2,5-8,13H2,(H,22,25). The maximum Gasteiger partial charge on any atom is 0.251 e. The van der Waals surface area contributed by atoms with Gasteiger partial charge < -0.3 is 9.88 Å². The van der Waals surface area contributed by atoms with Gasteiger partial charge in [0.15, 0.2) is 0 Å². The molecule has 1 aliphatic carbocycles. The molecular weight excluding hydrogens is 342 g/mol. The van der Waals surface area contributed by atoms with Crippen LogP contribution in [0.1, 0.15) is 45.2 Å². The topological polar surface area (TPSA) is 46.9 Å². The number of amides is 1. The summed E-state index contributed by atoms with van der Waals surface area (Å²) in [5, 5.41) is 4.24. The molecule has 5 heteroatoms. The minimum absolute atomic E-state index is 0.0116. The summed E-state index contributed by atoms with van der Waals surface area (Å²) >= 11 is 1.86. The van der Waals surface area contributed by atoms with E-state index in [-0.39, 0.29) is 5.91 Å². The molecule has 1 aromatic carbocycles. The van der Waals surface area contributed by atoms with Crippen molar-refractivity contribution in [2.24, 2.45) is 0 Å². The van der Waals surface area contributed by atoms with E-state index < -0.39 is 0 Å². The van der Waals surface area contributed by atoms with E-state index in [2.05, 4.69) is 5.32 Å². The Balaban J connectivity index is 1.25. The summed E-state index contributed by atoms with van der Waals surface area (Å²) in [5.74, 6) is -0.0116. The molecule has 26 heavy (non-hydrogen) atoms. The Morgan fingerprint density at radius 2 is 1.88 bits per heavy atom. The molecule has 4 nitrogen and oxygen atoms in total. The maximum atomic E-state index is 12.3. The Kier molecular flexibility index (Phi) is 5.16. The second kappa shape index (κ2) is 7.87. The number of rotatable bonds is 6. The average Bonchev–Trinajstić information content (AvgIpc) is 3.34. The first kappa shape index (κ1) is 17.0. The maximum absolute atomic E-state index is 12.3. The predicted octanol–water partition coefficient (Wildman–Crippen LogP) is 4.18. The molecule has 0 spiro atoms. The highest BCUT2D eigenvalue weighted by Crippen LogP contribution is 2.27. The Morgan fingerprint density at radius 1 is 1.12 bits per heavy atom. The lowest BCUT2D eigenvalue weighted by Gasteiger charge is -2.07. The van der Waals surface area contributed by atoms with Gasteiger partial charge in [0.05, 0.1) is 10.7 Å². The van der Waals surface area contributed by atoms with Crippen LogP contribution in [0.5, 0.6) is 0 Å².